The molecule has 3 nitrogen and oxygen atoms in total. The van der Waals surface area contributed by atoms with E-state index in [0.717, 1.165) is 37.9 Å². The van der Waals surface area contributed by atoms with Gasteiger partial charge in [-0.15, -0.1) is 0 Å². The molecular formula is C18H25NO2S. The lowest BCUT2D eigenvalue weighted by Gasteiger charge is -2.30. The van der Waals surface area contributed by atoms with Gasteiger partial charge in [-0.25, -0.2) is 0 Å². The minimum absolute atomic E-state index is 0.0615. The Morgan fingerprint density at radius 2 is 1.95 bits per heavy atom. The van der Waals surface area contributed by atoms with Crippen LogP contribution in [0.4, 0.5) is 0 Å². The second kappa shape index (κ2) is 6.95. The zero-order chi connectivity index (χ0) is 15.5. The van der Waals surface area contributed by atoms with Crippen molar-refractivity contribution in [3.05, 3.63) is 34.9 Å². The van der Waals surface area contributed by atoms with Crippen LogP contribution in [0.1, 0.15) is 42.9 Å². The summed E-state index contributed by atoms with van der Waals surface area (Å²) in [6, 6.07) is 6.44. The van der Waals surface area contributed by atoms with Crippen LogP contribution < -0.4 is 0 Å². The summed E-state index contributed by atoms with van der Waals surface area (Å²) in [5, 5.41) is 0. The van der Waals surface area contributed by atoms with E-state index in [0.29, 0.717) is 11.7 Å². The van der Waals surface area contributed by atoms with Gasteiger partial charge in [0.05, 0.1) is 0 Å². The Balaban J connectivity index is 1.53. The zero-order valence-electron chi connectivity index (χ0n) is 13.3. The van der Waals surface area contributed by atoms with Gasteiger partial charge in [0.15, 0.2) is 0 Å². The van der Waals surface area contributed by atoms with Crippen molar-refractivity contribution in [2.24, 2.45) is 5.92 Å². The molecule has 0 spiro atoms. The van der Waals surface area contributed by atoms with Gasteiger partial charge in [0.2, 0.25) is 5.91 Å². The molecule has 1 aliphatic heterocycles. The van der Waals surface area contributed by atoms with Crippen LogP contribution in [0.25, 0.3) is 0 Å². The Kier molecular flexibility index (Phi) is 4.97. The Hall–Kier alpha value is -1.16. The van der Waals surface area contributed by atoms with Crippen molar-refractivity contribution in [1.82, 2.24) is 4.90 Å². The highest BCUT2D eigenvalue weighted by atomic mass is 32.2. The molecule has 0 N–H and O–H groups in total. The molecule has 22 heavy (non-hydrogen) atoms. The standard InChI is InChI=1S/C18H25NO2S/c1-14-7-9-19(10-8-14)18(20)13-22(21)12-15-5-6-16-3-2-4-17(16)11-15/h5-6,11,14H,2-4,7-10,12-13H2,1H3. The lowest BCUT2D eigenvalue weighted by Crippen LogP contribution is -2.40. The number of amides is 1. The molecule has 120 valence electrons. The molecule has 1 aromatic carbocycles. The molecule has 2 aliphatic rings. The fraction of sp³-hybridized carbons (Fsp3) is 0.611. The third-order valence-electron chi connectivity index (χ3n) is 4.91. The van der Waals surface area contributed by atoms with Crippen molar-refractivity contribution in [2.45, 2.75) is 44.8 Å². The molecule has 1 aliphatic carbocycles. The monoisotopic (exact) mass is 319 g/mol. The number of hydrogen-bond acceptors (Lipinski definition) is 2. The fourth-order valence-corrected chi connectivity index (χ4v) is 4.55. The molecule has 0 bridgehead atoms. The number of hydrogen-bond donors (Lipinski definition) is 0. The van der Waals surface area contributed by atoms with Gasteiger partial charge in [-0.05, 0) is 54.7 Å². The van der Waals surface area contributed by atoms with Crippen LogP contribution in [-0.4, -0.2) is 33.9 Å². The Bertz CT molecular complexity index is 576. The van der Waals surface area contributed by atoms with Crippen LogP contribution >= 0.6 is 0 Å². The Morgan fingerprint density at radius 3 is 2.73 bits per heavy atom. The third-order valence-corrected chi connectivity index (χ3v) is 6.14. The van der Waals surface area contributed by atoms with E-state index >= 15 is 0 Å². The highest BCUT2D eigenvalue weighted by Gasteiger charge is 2.22. The van der Waals surface area contributed by atoms with Crippen molar-refractivity contribution >= 4 is 16.7 Å². The number of fused-ring (bicyclic) bond motifs is 1. The first-order valence-corrected chi connectivity index (χ1v) is 9.84. The number of piperidine rings is 1. The average molecular weight is 319 g/mol. The van der Waals surface area contributed by atoms with Crippen LogP contribution in [0.5, 0.6) is 0 Å². The largest absolute Gasteiger partial charge is 0.342 e. The van der Waals surface area contributed by atoms with E-state index in [1.807, 2.05) is 4.90 Å². The predicted octanol–water partition coefficient (Wildman–Crippen LogP) is 2.68. The number of aryl methyl sites for hydroxylation is 2. The minimum atomic E-state index is -1.10. The second-order valence-electron chi connectivity index (χ2n) is 6.75. The van der Waals surface area contributed by atoms with E-state index in [1.165, 1.54) is 24.0 Å². The van der Waals surface area contributed by atoms with Gasteiger partial charge in [-0.1, -0.05) is 25.1 Å². The van der Waals surface area contributed by atoms with E-state index in [4.69, 9.17) is 0 Å². The summed E-state index contributed by atoms with van der Waals surface area (Å²) in [6.45, 7) is 3.89. The maximum atomic E-state index is 12.3. The molecule has 4 heteroatoms. The molecule has 1 heterocycles. The van der Waals surface area contributed by atoms with Crippen molar-refractivity contribution in [3.8, 4) is 0 Å². The van der Waals surface area contributed by atoms with Gasteiger partial charge in [0, 0.05) is 29.6 Å². The topological polar surface area (TPSA) is 37.4 Å². The molecular weight excluding hydrogens is 294 g/mol. The molecule has 0 saturated carbocycles. The van der Waals surface area contributed by atoms with Crippen LogP contribution in [0.2, 0.25) is 0 Å². The van der Waals surface area contributed by atoms with Crippen LogP contribution in [-0.2, 0) is 34.2 Å². The van der Waals surface area contributed by atoms with Gasteiger partial charge < -0.3 is 4.90 Å². The summed E-state index contributed by atoms with van der Waals surface area (Å²) in [7, 11) is -1.10. The molecule has 1 unspecified atom stereocenters. The normalized spacial score (nSPS) is 20.0. The van der Waals surface area contributed by atoms with Crippen LogP contribution in [0.15, 0.2) is 18.2 Å². The van der Waals surface area contributed by atoms with E-state index < -0.39 is 10.8 Å². The lowest BCUT2D eigenvalue weighted by atomic mass is 9.99. The van der Waals surface area contributed by atoms with Crippen LogP contribution in [0.3, 0.4) is 0 Å². The van der Waals surface area contributed by atoms with Gasteiger partial charge in [-0.2, -0.15) is 0 Å². The molecule has 1 aromatic rings. The van der Waals surface area contributed by atoms with Crippen molar-refractivity contribution in [2.75, 3.05) is 18.8 Å². The number of carbonyl (C=O) groups is 1. The Labute approximate surface area is 135 Å². The predicted molar refractivity (Wildman–Crippen MR) is 90.2 cm³/mol. The number of carbonyl (C=O) groups excluding carboxylic acids is 1. The summed E-state index contributed by atoms with van der Waals surface area (Å²) in [5.74, 6) is 1.45. The number of benzene rings is 1. The fourth-order valence-electron chi connectivity index (χ4n) is 3.44. The number of rotatable bonds is 4. The first-order chi connectivity index (χ1) is 10.6. The smallest absolute Gasteiger partial charge is 0.235 e. The third kappa shape index (κ3) is 3.78. The van der Waals surface area contributed by atoms with Crippen molar-refractivity contribution in [3.63, 3.8) is 0 Å². The number of nitrogens with zero attached hydrogens (tertiary/aromatic N) is 1. The van der Waals surface area contributed by atoms with Crippen molar-refractivity contribution in [1.29, 1.82) is 0 Å². The Morgan fingerprint density at radius 1 is 1.23 bits per heavy atom. The van der Waals surface area contributed by atoms with E-state index in [2.05, 4.69) is 25.1 Å². The summed E-state index contributed by atoms with van der Waals surface area (Å²) in [5.41, 5.74) is 3.96. The van der Waals surface area contributed by atoms with E-state index in [1.54, 1.807) is 0 Å². The lowest BCUT2D eigenvalue weighted by molar-refractivity contribution is -0.129. The molecule has 3 rings (SSSR count). The zero-order valence-corrected chi connectivity index (χ0v) is 14.2. The number of likely N-dealkylation sites (tertiary alicyclic amines) is 1. The molecule has 0 aromatic heterocycles. The van der Waals surface area contributed by atoms with E-state index in [9.17, 15) is 9.00 Å². The van der Waals surface area contributed by atoms with Gasteiger partial charge in [0.25, 0.3) is 0 Å². The summed E-state index contributed by atoms with van der Waals surface area (Å²) in [6.07, 6.45) is 5.69. The van der Waals surface area contributed by atoms with Crippen LogP contribution in [0, 0.1) is 5.92 Å². The van der Waals surface area contributed by atoms with Gasteiger partial charge >= 0.3 is 0 Å². The maximum Gasteiger partial charge on any atom is 0.235 e. The average Bonchev–Trinajstić information content (AvgIpc) is 2.95. The minimum Gasteiger partial charge on any atom is -0.342 e. The molecule has 1 amide bonds. The highest BCUT2D eigenvalue weighted by Crippen LogP contribution is 2.23. The summed E-state index contributed by atoms with van der Waals surface area (Å²) in [4.78, 5) is 14.1. The molecule has 0 radical (unpaired) electrons. The quantitative estimate of drug-likeness (QED) is 0.855. The molecule has 1 atom stereocenters. The molecule has 1 fully saturated rings. The maximum absolute atomic E-state index is 12.3. The van der Waals surface area contributed by atoms with Gasteiger partial charge in [0.1, 0.15) is 5.75 Å². The summed E-state index contributed by atoms with van der Waals surface area (Å²) < 4.78 is 12.3. The molecule has 1 saturated heterocycles. The SMILES string of the molecule is CC1CCN(C(=O)CS(=O)Cc2ccc3c(c2)CCC3)CC1. The van der Waals surface area contributed by atoms with Crippen molar-refractivity contribution < 1.29 is 9.00 Å². The first kappa shape index (κ1) is 15.7. The second-order valence-corrected chi connectivity index (χ2v) is 8.21. The first-order valence-electron chi connectivity index (χ1n) is 8.35. The van der Waals surface area contributed by atoms with E-state index in [-0.39, 0.29) is 11.7 Å². The highest BCUT2D eigenvalue weighted by molar-refractivity contribution is 7.84. The summed E-state index contributed by atoms with van der Waals surface area (Å²) >= 11 is 0. The van der Waals surface area contributed by atoms with Gasteiger partial charge in [-0.3, -0.25) is 9.00 Å².